The first kappa shape index (κ1) is 17.1. The number of hydrogen-bond acceptors (Lipinski definition) is 3. The average Bonchev–Trinajstić information content (AvgIpc) is 2.97. The maximum Gasteiger partial charge on any atom is 0.309 e. The third kappa shape index (κ3) is 4.58. The van der Waals surface area contributed by atoms with Crippen molar-refractivity contribution in [1.82, 2.24) is 10.2 Å². The predicted molar refractivity (Wildman–Crippen MR) is 88.8 cm³/mol. The van der Waals surface area contributed by atoms with Gasteiger partial charge in [0.15, 0.2) is 0 Å². The highest BCUT2D eigenvalue weighted by molar-refractivity contribution is 5.70. The Morgan fingerprint density at radius 1 is 1.30 bits per heavy atom. The summed E-state index contributed by atoms with van der Waals surface area (Å²) in [5.41, 5.74) is 3.54. The van der Waals surface area contributed by atoms with Crippen molar-refractivity contribution in [2.45, 2.75) is 39.5 Å². The number of benzene rings is 1. The van der Waals surface area contributed by atoms with Gasteiger partial charge in [-0.2, -0.15) is 5.10 Å². The Hall–Kier alpha value is -2.30. The summed E-state index contributed by atoms with van der Waals surface area (Å²) < 4.78 is 5.57. The topological polar surface area (TPSA) is 75.2 Å². The Morgan fingerprint density at radius 3 is 2.57 bits per heavy atom. The van der Waals surface area contributed by atoms with E-state index in [4.69, 9.17) is 9.84 Å². The minimum Gasteiger partial charge on any atom is -0.493 e. The largest absolute Gasteiger partial charge is 0.493 e. The van der Waals surface area contributed by atoms with E-state index in [2.05, 4.69) is 24.0 Å². The Bertz CT molecular complexity index is 632. The van der Waals surface area contributed by atoms with E-state index in [0.29, 0.717) is 18.1 Å². The number of nitrogens with one attached hydrogen (secondary N) is 1. The van der Waals surface area contributed by atoms with Crippen LogP contribution in [0.2, 0.25) is 0 Å². The molecule has 1 unspecified atom stereocenters. The van der Waals surface area contributed by atoms with E-state index in [1.54, 1.807) is 0 Å². The average molecular weight is 316 g/mol. The van der Waals surface area contributed by atoms with Gasteiger partial charge in [-0.3, -0.25) is 9.89 Å². The first-order chi connectivity index (χ1) is 11.0. The van der Waals surface area contributed by atoms with Crippen LogP contribution in [0.15, 0.2) is 30.5 Å². The third-order valence-electron chi connectivity index (χ3n) is 3.94. The molecule has 0 fully saturated rings. The Morgan fingerprint density at radius 2 is 2.00 bits per heavy atom. The summed E-state index contributed by atoms with van der Waals surface area (Å²) in [4.78, 5) is 11.0. The number of aliphatic carboxylic acids is 1. The summed E-state index contributed by atoms with van der Waals surface area (Å²) in [5.74, 6) is -0.165. The number of hydrogen-bond donors (Lipinski definition) is 2. The molecule has 5 nitrogen and oxygen atoms in total. The van der Waals surface area contributed by atoms with E-state index in [0.717, 1.165) is 12.1 Å². The lowest BCUT2D eigenvalue weighted by Crippen LogP contribution is -2.20. The summed E-state index contributed by atoms with van der Waals surface area (Å²) in [6, 6.07) is 7.79. The van der Waals surface area contributed by atoms with Gasteiger partial charge in [0, 0.05) is 12.1 Å². The van der Waals surface area contributed by atoms with E-state index in [9.17, 15) is 4.79 Å². The molecule has 0 aliphatic heterocycles. The molecule has 23 heavy (non-hydrogen) atoms. The van der Waals surface area contributed by atoms with E-state index in [-0.39, 0.29) is 6.61 Å². The molecule has 1 atom stereocenters. The standard InChI is InChI=1S/C18H24N2O3/c1-4-14(18(21)22)11-23-16-7-5-13(6-8-16)9-15-10-19-20-17(15)12(2)3/h5-8,10,12,14H,4,9,11H2,1-3H3,(H,19,20)(H,21,22). The Balaban J connectivity index is 1.97. The first-order valence-electron chi connectivity index (χ1n) is 7.98. The minimum absolute atomic E-state index is 0.199. The summed E-state index contributed by atoms with van der Waals surface area (Å²) in [5, 5.41) is 16.2. The summed E-state index contributed by atoms with van der Waals surface area (Å²) >= 11 is 0. The third-order valence-corrected chi connectivity index (χ3v) is 3.94. The van der Waals surface area contributed by atoms with Gasteiger partial charge in [0.05, 0.1) is 12.1 Å². The zero-order chi connectivity index (χ0) is 16.8. The second-order valence-electron chi connectivity index (χ2n) is 6.04. The van der Waals surface area contributed by atoms with Crippen molar-refractivity contribution in [3.05, 3.63) is 47.3 Å². The second-order valence-corrected chi connectivity index (χ2v) is 6.04. The van der Waals surface area contributed by atoms with Crippen LogP contribution in [0, 0.1) is 5.92 Å². The van der Waals surface area contributed by atoms with Crippen LogP contribution < -0.4 is 4.74 Å². The van der Waals surface area contributed by atoms with E-state index in [1.807, 2.05) is 37.4 Å². The van der Waals surface area contributed by atoms with Crippen molar-refractivity contribution < 1.29 is 14.6 Å². The zero-order valence-corrected chi connectivity index (χ0v) is 13.9. The van der Waals surface area contributed by atoms with Gasteiger partial charge in [0.2, 0.25) is 0 Å². The van der Waals surface area contributed by atoms with Gasteiger partial charge in [-0.05, 0) is 35.6 Å². The number of nitrogens with zero attached hydrogens (tertiary/aromatic N) is 1. The second kappa shape index (κ2) is 7.81. The molecule has 0 aliphatic carbocycles. The van der Waals surface area contributed by atoms with Gasteiger partial charge >= 0.3 is 5.97 Å². The van der Waals surface area contributed by atoms with Gasteiger partial charge < -0.3 is 9.84 Å². The summed E-state index contributed by atoms with van der Waals surface area (Å²) in [7, 11) is 0. The number of carboxylic acid groups (broad SMARTS) is 1. The molecule has 1 heterocycles. The molecule has 2 rings (SSSR count). The fourth-order valence-electron chi connectivity index (χ4n) is 2.45. The van der Waals surface area contributed by atoms with Crippen LogP contribution in [-0.2, 0) is 11.2 Å². The van der Waals surface area contributed by atoms with Gasteiger partial charge in [0.1, 0.15) is 12.4 Å². The monoisotopic (exact) mass is 316 g/mol. The van der Waals surface area contributed by atoms with Crippen molar-refractivity contribution in [3.63, 3.8) is 0 Å². The van der Waals surface area contributed by atoms with Gasteiger partial charge in [-0.1, -0.05) is 32.9 Å². The number of carboxylic acids is 1. The van der Waals surface area contributed by atoms with Crippen LogP contribution in [0.1, 0.15) is 49.9 Å². The number of aromatic amines is 1. The van der Waals surface area contributed by atoms with Crippen LogP contribution in [0.3, 0.4) is 0 Å². The van der Waals surface area contributed by atoms with E-state index >= 15 is 0 Å². The highest BCUT2D eigenvalue weighted by Gasteiger charge is 2.15. The number of ether oxygens (including phenoxy) is 1. The molecule has 0 radical (unpaired) electrons. The van der Waals surface area contributed by atoms with Crippen molar-refractivity contribution in [2.24, 2.45) is 5.92 Å². The number of aromatic nitrogens is 2. The first-order valence-corrected chi connectivity index (χ1v) is 7.98. The lowest BCUT2D eigenvalue weighted by atomic mass is 10.0. The molecule has 1 aromatic carbocycles. The highest BCUT2D eigenvalue weighted by atomic mass is 16.5. The van der Waals surface area contributed by atoms with Crippen molar-refractivity contribution in [2.75, 3.05) is 6.61 Å². The molecule has 5 heteroatoms. The van der Waals surface area contributed by atoms with Crippen LogP contribution in [-0.4, -0.2) is 27.9 Å². The summed E-state index contributed by atoms with van der Waals surface area (Å²) in [6.45, 7) is 6.33. The maximum atomic E-state index is 11.0. The van der Waals surface area contributed by atoms with Gasteiger partial charge in [0.25, 0.3) is 0 Å². The fraction of sp³-hybridized carbons (Fsp3) is 0.444. The number of carbonyl (C=O) groups is 1. The van der Waals surface area contributed by atoms with E-state index in [1.165, 1.54) is 11.1 Å². The normalized spacial score (nSPS) is 12.3. The smallest absolute Gasteiger partial charge is 0.309 e. The lowest BCUT2D eigenvalue weighted by Gasteiger charge is -2.12. The molecule has 0 saturated carbocycles. The molecule has 0 amide bonds. The van der Waals surface area contributed by atoms with Crippen molar-refractivity contribution in [1.29, 1.82) is 0 Å². The molecule has 2 N–H and O–H groups in total. The lowest BCUT2D eigenvalue weighted by molar-refractivity contribution is -0.142. The van der Waals surface area contributed by atoms with Crippen LogP contribution >= 0.6 is 0 Å². The zero-order valence-electron chi connectivity index (χ0n) is 13.9. The van der Waals surface area contributed by atoms with Crippen LogP contribution in [0.4, 0.5) is 0 Å². The molecular formula is C18H24N2O3. The van der Waals surface area contributed by atoms with E-state index < -0.39 is 11.9 Å². The summed E-state index contributed by atoms with van der Waals surface area (Å²) in [6.07, 6.45) is 3.25. The predicted octanol–water partition coefficient (Wildman–Crippen LogP) is 3.61. The van der Waals surface area contributed by atoms with Gasteiger partial charge in [-0.15, -0.1) is 0 Å². The molecule has 2 aromatic rings. The maximum absolute atomic E-state index is 11.0. The molecule has 124 valence electrons. The minimum atomic E-state index is -0.815. The molecule has 0 aliphatic rings. The number of rotatable bonds is 8. The van der Waals surface area contributed by atoms with Gasteiger partial charge in [-0.25, -0.2) is 0 Å². The molecule has 0 spiro atoms. The molecular weight excluding hydrogens is 292 g/mol. The SMILES string of the molecule is CCC(COc1ccc(Cc2cn[nH]c2C(C)C)cc1)C(=O)O. The Kier molecular flexibility index (Phi) is 5.79. The quantitative estimate of drug-likeness (QED) is 0.780. The van der Waals surface area contributed by atoms with Crippen molar-refractivity contribution >= 4 is 5.97 Å². The van der Waals surface area contributed by atoms with Crippen LogP contribution in [0.5, 0.6) is 5.75 Å². The molecule has 0 saturated heterocycles. The molecule has 0 bridgehead atoms. The molecule has 1 aromatic heterocycles. The van der Waals surface area contributed by atoms with Crippen LogP contribution in [0.25, 0.3) is 0 Å². The van der Waals surface area contributed by atoms with Crippen molar-refractivity contribution in [3.8, 4) is 5.75 Å². The Labute approximate surface area is 136 Å². The highest BCUT2D eigenvalue weighted by Crippen LogP contribution is 2.21. The number of H-pyrrole nitrogens is 1. The fourth-order valence-corrected chi connectivity index (χ4v) is 2.45.